The van der Waals surface area contributed by atoms with E-state index in [1.807, 2.05) is 0 Å². The molecule has 0 bridgehead atoms. The smallest absolute Gasteiger partial charge is 0.423 e. The van der Waals surface area contributed by atoms with E-state index in [-0.39, 0.29) is 17.7 Å². The Bertz CT molecular complexity index is 427. The van der Waals surface area contributed by atoms with E-state index in [9.17, 15) is 18.0 Å². The summed E-state index contributed by atoms with van der Waals surface area (Å²) in [4.78, 5) is 11.3. The zero-order chi connectivity index (χ0) is 14.0. The van der Waals surface area contributed by atoms with E-state index in [0.717, 1.165) is 12.1 Å². The van der Waals surface area contributed by atoms with Gasteiger partial charge in [0, 0.05) is 0 Å². The number of esters is 1. The summed E-state index contributed by atoms with van der Waals surface area (Å²) in [5.74, 6) is -0.615. The maximum atomic E-state index is 12.6. The van der Waals surface area contributed by atoms with Gasteiger partial charge in [-0.2, -0.15) is 13.2 Å². The summed E-state index contributed by atoms with van der Waals surface area (Å²) >= 11 is 0. The molecule has 4 nitrogen and oxygen atoms in total. The standard InChI is InChI=1S/C11H13F3N2O2/c1-2-18-9(17)7-3-5-8(6-4-7)10(15,16)11(12,13)14/h3-6H,2,15-16H2,1H3. The van der Waals surface area contributed by atoms with Crippen molar-refractivity contribution in [1.82, 2.24) is 0 Å². The van der Waals surface area contributed by atoms with Gasteiger partial charge in [0.25, 0.3) is 0 Å². The molecule has 7 heteroatoms. The van der Waals surface area contributed by atoms with E-state index in [1.165, 1.54) is 12.1 Å². The number of carbonyl (C=O) groups excluding carboxylic acids is 1. The largest absolute Gasteiger partial charge is 0.462 e. The zero-order valence-electron chi connectivity index (χ0n) is 9.62. The second-order valence-electron chi connectivity index (χ2n) is 3.66. The second-order valence-corrected chi connectivity index (χ2v) is 3.66. The summed E-state index contributed by atoms with van der Waals surface area (Å²) in [6, 6.07) is 4.49. The molecule has 0 aliphatic carbocycles. The molecule has 0 aliphatic rings. The van der Waals surface area contributed by atoms with Crippen molar-refractivity contribution in [2.75, 3.05) is 6.61 Å². The summed E-state index contributed by atoms with van der Waals surface area (Å²) in [5.41, 5.74) is 6.94. The highest BCUT2D eigenvalue weighted by Gasteiger charge is 2.50. The highest BCUT2D eigenvalue weighted by molar-refractivity contribution is 5.89. The number of nitrogens with two attached hydrogens (primary N) is 2. The molecule has 0 unspecified atom stereocenters. The van der Waals surface area contributed by atoms with Crippen LogP contribution >= 0.6 is 0 Å². The average Bonchev–Trinajstić information content (AvgIpc) is 2.28. The summed E-state index contributed by atoms with van der Waals surface area (Å²) in [6.45, 7) is 1.81. The Kier molecular flexibility index (Phi) is 3.98. The van der Waals surface area contributed by atoms with Gasteiger partial charge in [0.2, 0.25) is 0 Å². The molecule has 1 aromatic carbocycles. The lowest BCUT2D eigenvalue weighted by Crippen LogP contribution is -2.57. The summed E-state index contributed by atoms with van der Waals surface area (Å²) in [6.07, 6.45) is -4.78. The Labute approximate surface area is 102 Å². The van der Waals surface area contributed by atoms with Gasteiger partial charge in [-0.25, -0.2) is 4.79 Å². The van der Waals surface area contributed by atoms with Gasteiger partial charge in [0.1, 0.15) is 0 Å². The van der Waals surface area contributed by atoms with Gasteiger partial charge in [-0.1, -0.05) is 12.1 Å². The highest BCUT2D eigenvalue weighted by Crippen LogP contribution is 2.32. The number of benzene rings is 1. The Hall–Kier alpha value is -1.60. The number of rotatable bonds is 3. The number of alkyl halides is 3. The molecular formula is C11H13F3N2O2. The Morgan fingerprint density at radius 2 is 1.72 bits per heavy atom. The van der Waals surface area contributed by atoms with Crippen molar-refractivity contribution in [3.63, 3.8) is 0 Å². The zero-order valence-corrected chi connectivity index (χ0v) is 9.62. The van der Waals surface area contributed by atoms with Crippen LogP contribution in [0.1, 0.15) is 22.8 Å². The molecule has 0 saturated carbocycles. The third-order valence-electron chi connectivity index (χ3n) is 2.34. The van der Waals surface area contributed by atoms with Crippen molar-refractivity contribution in [3.8, 4) is 0 Å². The minimum Gasteiger partial charge on any atom is -0.462 e. The minimum absolute atomic E-state index is 0.138. The molecule has 0 heterocycles. The van der Waals surface area contributed by atoms with E-state index < -0.39 is 17.8 Å². The molecule has 1 rings (SSSR count). The molecule has 4 N–H and O–H groups in total. The number of ether oxygens (including phenoxy) is 1. The molecule has 18 heavy (non-hydrogen) atoms. The average molecular weight is 262 g/mol. The van der Waals surface area contributed by atoms with Gasteiger partial charge in [-0.05, 0) is 24.6 Å². The van der Waals surface area contributed by atoms with Crippen molar-refractivity contribution >= 4 is 5.97 Å². The monoisotopic (exact) mass is 262 g/mol. The SMILES string of the molecule is CCOC(=O)c1ccc(C(N)(N)C(F)(F)F)cc1. The van der Waals surface area contributed by atoms with Crippen LogP contribution in [0.15, 0.2) is 24.3 Å². The molecule has 100 valence electrons. The van der Waals surface area contributed by atoms with Crippen molar-refractivity contribution in [3.05, 3.63) is 35.4 Å². The van der Waals surface area contributed by atoms with Crippen LogP contribution in [-0.4, -0.2) is 18.8 Å². The first-order chi connectivity index (χ1) is 8.20. The van der Waals surface area contributed by atoms with Crippen molar-refractivity contribution in [2.24, 2.45) is 11.5 Å². The molecule has 0 aromatic heterocycles. The van der Waals surface area contributed by atoms with Crippen molar-refractivity contribution in [1.29, 1.82) is 0 Å². The van der Waals surface area contributed by atoms with Gasteiger partial charge in [0.05, 0.1) is 12.2 Å². The van der Waals surface area contributed by atoms with Crippen LogP contribution < -0.4 is 11.5 Å². The lowest BCUT2D eigenvalue weighted by molar-refractivity contribution is -0.188. The van der Waals surface area contributed by atoms with Gasteiger partial charge in [0.15, 0.2) is 5.66 Å². The molecule has 0 fully saturated rings. The normalized spacial score (nSPS) is 12.3. The van der Waals surface area contributed by atoms with Crippen LogP contribution in [0.3, 0.4) is 0 Å². The predicted octanol–water partition coefficient (Wildman–Crippen LogP) is 1.50. The van der Waals surface area contributed by atoms with Crippen LogP contribution in [0.5, 0.6) is 0 Å². The Morgan fingerprint density at radius 1 is 1.22 bits per heavy atom. The van der Waals surface area contributed by atoms with Crippen LogP contribution in [0.4, 0.5) is 13.2 Å². The fraction of sp³-hybridized carbons (Fsp3) is 0.364. The van der Waals surface area contributed by atoms with E-state index >= 15 is 0 Å². The lowest BCUT2D eigenvalue weighted by atomic mass is 9.99. The molecule has 0 amide bonds. The number of carbonyl (C=O) groups is 1. The minimum atomic E-state index is -4.78. The maximum absolute atomic E-state index is 12.6. The molecular weight excluding hydrogens is 249 g/mol. The topological polar surface area (TPSA) is 78.3 Å². The first-order valence-electron chi connectivity index (χ1n) is 5.12. The van der Waals surface area contributed by atoms with E-state index in [2.05, 4.69) is 0 Å². The van der Waals surface area contributed by atoms with E-state index in [1.54, 1.807) is 6.92 Å². The summed E-state index contributed by atoms with van der Waals surface area (Å²) in [5, 5.41) is 0. The Morgan fingerprint density at radius 3 is 2.11 bits per heavy atom. The number of hydrogen-bond acceptors (Lipinski definition) is 4. The molecule has 0 radical (unpaired) electrons. The lowest BCUT2D eigenvalue weighted by Gasteiger charge is -2.27. The van der Waals surface area contributed by atoms with Gasteiger partial charge < -0.3 is 16.2 Å². The Balaban J connectivity index is 3.00. The van der Waals surface area contributed by atoms with Crippen LogP contribution in [0, 0.1) is 0 Å². The first-order valence-corrected chi connectivity index (χ1v) is 5.12. The fourth-order valence-electron chi connectivity index (χ4n) is 1.26. The number of hydrogen-bond donors (Lipinski definition) is 2. The van der Waals surface area contributed by atoms with Crippen LogP contribution in [-0.2, 0) is 10.4 Å². The number of halogens is 3. The summed E-state index contributed by atoms with van der Waals surface area (Å²) in [7, 11) is 0. The molecule has 0 spiro atoms. The van der Waals surface area contributed by atoms with Crippen LogP contribution in [0.2, 0.25) is 0 Å². The molecule has 0 atom stereocenters. The van der Waals surface area contributed by atoms with Gasteiger partial charge in [-0.15, -0.1) is 0 Å². The second kappa shape index (κ2) is 4.95. The van der Waals surface area contributed by atoms with Crippen molar-refractivity contribution in [2.45, 2.75) is 18.8 Å². The highest BCUT2D eigenvalue weighted by atomic mass is 19.4. The molecule has 1 aromatic rings. The molecule has 0 aliphatic heterocycles. The van der Waals surface area contributed by atoms with E-state index in [4.69, 9.17) is 16.2 Å². The van der Waals surface area contributed by atoms with Gasteiger partial charge in [-0.3, -0.25) is 0 Å². The van der Waals surface area contributed by atoms with Gasteiger partial charge >= 0.3 is 12.1 Å². The quantitative estimate of drug-likeness (QED) is 0.639. The van der Waals surface area contributed by atoms with Crippen LogP contribution in [0.25, 0.3) is 0 Å². The maximum Gasteiger partial charge on any atom is 0.423 e. The third kappa shape index (κ3) is 2.80. The summed E-state index contributed by atoms with van der Waals surface area (Å²) < 4.78 is 42.4. The van der Waals surface area contributed by atoms with E-state index in [0.29, 0.717) is 0 Å². The van der Waals surface area contributed by atoms with Crippen molar-refractivity contribution < 1.29 is 22.7 Å². The predicted molar refractivity (Wildman–Crippen MR) is 58.5 cm³/mol. The fourth-order valence-corrected chi connectivity index (χ4v) is 1.26. The first kappa shape index (κ1) is 14.5. The molecule has 0 saturated heterocycles. The third-order valence-corrected chi connectivity index (χ3v) is 2.34.